The number of aliphatic hydroxyl groups excluding tert-OH is 41. The smallest absolute Gasteiger partial charge is 0.187 e. The van der Waals surface area contributed by atoms with E-state index in [1.54, 1.807) is 0 Å². The van der Waals surface area contributed by atoms with Gasteiger partial charge in [0, 0.05) is 0 Å². The Morgan fingerprint density at radius 2 is 0.201 bits per heavy atom. The first-order chi connectivity index (χ1) is 68.4. The van der Waals surface area contributed by atoms with Crippen LogP contribution in [0.1, 0.15) is 0 Å². The van der Waals surface area contributed by atoms with Crippen LogP contribution in [0.4, 0.5) is 0 Å². The number of hydrogen-bond acceptors (Lipinski definition) is 66. The quantitative estimate of drug-likeness (QED) is 0.0275. The highest BCUT2D eigenvalue weighted by atomic mass is 16.8. The van der Waals surface area contributed by atoms with E-state index in [0.717, 1.165) is 0 Å². The summed E-state index contributed by atoms with van der Waals surface area (Å²) >= 11 is 0. The highest BCUT2D eigenvalue weighted by Gasteiger charge is 2.64. The van der Waals surface area contributed by atoms with E-state index in [9.17, 15) is 209 Å². The number of hydrogen-bond donors (Lipinski definition) is 41. The molecule has 13 aliphatic rings. The van der Waals surface area contributed by atoms with Crippen LogP contribution in [-0.2, 0) is 118 Å². The van der Waals surface area contributed by atoms with Gasteiger partial charge in [0.2, 0.25) is 0 Å². The van der Waals surface area contributed by atoms with E-state index in [-0.39, 0.29) is 0 Å². The average molecular weight is 2130 g/mol. The van der Waals surface area contributed by atoms with Gasteiger partial charge >= 0.3 is 0 Å². The molecule has 41 N–H and O–H groups in total. The second kappa shape index (κ2) is 51.4. The van der Waals surface area contributed by atoms with E-state index in [1.807, 2.05) is 0 Å². The van der Waals surface area contributed by atoms with Crippen LogP contribution in [0.3, 0.4) is 0 Å². The lowest BCUT2D eigenvalue weighted by Gasteiger charge is -2.50. The fourth-order valence-electron chi connectivity index (χ4n) is 18.9. The minimum Gasteiger partial charge on any atom is -0.394 e. The zero-order valence-corrected chi connectivity index (χ0v) is 75.3. The van der Waals surface area contributed by atoms with Crippen molar-refractivity contribution >= 4 is 0 Å². The lowest BCUT2D eigenvalue weighted by Crippen LogP contribution is -2.69. The van der Waals surface area contributed by atoms with Gasteiger partial charge in [-0.15, -0.1) is 0 Å². The topological polar surface area (TPSA) is 1060 Å². The predicted octanol–water partition coefficient (Wildman–Crippen LogP) is -29.3. The van der Waals surface area contributed by atoms with Crippen molar-refractivity contribution in [3.05, 3.63) is 0 Å². The van der Waals surface area contributed by atoms with Crippen molar-refractivity contribution < 1.29 is 328 Å². The Morgan fingerprint density at radius 3 is 0.319 bits per heavy atom. The number of rotatable bonds is 37. The van der Waals surface area contributed by atoms with E-state index in [2.05, 4.69) is 0 Å². The van der Waals surface area contributed by atoms with Gasteiger partial charge in [-0.2, -0.15) is 0 Å². The summed E-state index contributed by atoms with van der Waals surface area (Å²) in [6.45, 7) is -14.3. The molecule has 144 heavy (non-hydrogen) atoms. The molecule has 0 aromatic heterocycles. The zero-order chi connectivity index (χ0) is 105. The maximum Gasteiger partial charge on any atom is 0.187 e. The summed E-state index contributed by atoms with van der Waals surface area (Å²) in [4.78, 5) is 0. The zero-order valence-electron chi connectivity index (χ0n) is 75.3. The van der Waals surface area contributed by atoms with Crippen molar-refractivity contribution in [1.82, 2.24) is 0 Å². The maximum absolute atomic E-state index is 11.6. The van der Waals surface area contributed by atoms with Crippen LogP contribution in [-0.4, -0.2) is 694 Å². The molecule has 1 unspecified atom stereocenters. The Kier molecular flexibility index (Phi) is 42.2. The average Bonchev–Trinajstić information content (AvgIpc) is 0.751. The SMILES string of the molecule is OC[C@H]1O[C@@H](O[C@H]2[C@H](O)[C@@H](O)[C@H](O[C@H]3[C@H](O)[C@@H](O)[C@H](O[C@H]4[C@H](O)[C@@H](O)[C@H](O[C@H]5[C@H](O)[C@@H](O)[C@H](O[C@H]6[C@H](O)[C@@H](O)[C@H](O[C@H]7[C@H](O)[C@@H](O)[C@H](O[C@H]8[C@H](O)[C@@H](O)[C@H](O[C@H]9[C@H](O)[C@@H](O)[C@H](O[C@H]%10[C@H](O)[C@@H](O)[C@H](O[C@H]%11[C@H](O)[C@@H](O)[C@H](O[C@H]%12[C@H](O)[C@@H](O)[C@H](O[C@H]%13[C@H](O)[C@@H](O)C(O)O[C@@H]%13CO)O[C@@H]%12CO)O[C@@H]%11CO)O[C@@H]%10CO)O[C@@H]9CO)O[C@@H]8CO)O[C@@H]7CO)O[C@@H]6CO)O[C@@H]5CO)O[C@@H]4CO)O[C@@H]3CO)O[C@@H]2CO)[C@H](O)[C@@H](O)[C@@H]1O. The molecule has 0 saturated carbocycles. The third-order valence-corrected chi connectivity index (χ3v) is 27.2. The van der Waals surface area contributed by atoms with E-state index in [1.165, 1.54) is 0 Å². The van der Waals surface area contributed by atoms with Crippen molar-refractivity contribution in [1.29, 1.82) is 0 Å². The Balaban J connectivity index is 0.561. The van der Waals surface area contributed by atoms with Crippen molar-refractivity contribution in [3.63, 3.8) is 0 Å². The van der Waals surface area contributed by atoms with Crippen molar-refractivity contribution in [2.75, 3.05) is 85.9 Å². The van der Waals surface area contributed by atoms with Crippen LogP contribution in [0.5, 0.6) is 0 Å². The molecule has 66 heteroatoms. The molecule has 0 aromatic rings. The van der Waals surface area contributed by atoms with E-state index in [4.69, 9.17) is 118 Å². The molecule has 0 spiro atoms. The first-order valence-corrected chi connectivity index (χ1v) is 45.8. The minimum absolute atomic E-state index is 0.883. The maximum atomic E-state index is 11.6. The summed E-state index contributed by atoms with van der Waals surface area (Å²) in [6, 6.07) is 0. The standard InChI is InChI=1S/C78H132O66/c79-1-14-27(92)28(93)42(107)67(121-14)134-55-16(3-81)123-69(44(109)30(55)95)136-57-18(5-83)125-71(46(111)32(57)97)138-59-20(7-85)127-73(48(113)34(59)99)140-61-22(9-87)129-75(50(115)36(61)101)142-63-24(11-89)131-77(52(117)38(63)103)144-65-26(13-91)132-78(53(118)40(65)105)143-64-25(12-90)130-76(51(116)39(64)104)141-62-23(10-88)128-74(49(114)37(62)102)139-60-21(8-86)126-72(47(112)35(60)100)137-58-19(6-84)124-70(45(110)33(58)98)135-56-17(4-82)122-68(43(108)31(56)96)133-54-15(2-80)120-66(119)41(106)29(54)94/h14-119H,1-13H2/t14-,15-,16-,17-,18-,19-,20-,21-,22-,23-,24-,25-,26-,27-,28+,29-,30-,31-,32-,33-,34-,35-,36-,37-,38-,39-,40-,41-,42-,43-,44-,45-,46-,47-,48-,49-,50-,51-,52-,53-,54-,55-,56-,57-,58-,59-,60-,61-,62-,63-,64-,65-,66?,67+,68+,69+,70+,71+,72+,73+,74+,75+,76+,77+,78+/m1/s1. The van der Waals surface area contributed by atoms with Gasteiger partial charge in [0.15, 0.2) is 81.8 Å². The molecule has 13 saturated heterocycles. The first kappa shape index (κ1) is 118. The van der Waals surface area contributed by atoms with Gasteiger partial charge in [-0.1, -0.05) is 0 Å². The van der Waals surface area contributed by atoms with Crippen molar-refractivity contribution in [2.24, 2.45) is 0 Å². The fourth-order valence-corrected chi connectivity index (χ4v) is 18.9. The van der Waals surface area contributed by atoms with E-state index >= 15 is 0 Å². The molecule has 0 amide bonds. The summed E-state index contributed by atoms with van der Waals surface area (Å²) in [5, 5.41) is 448. The van der Waals surface area contributed by atoms with Crippen LogP contribution in [0.25, 0.3) is 0 Å². The van der Waals surface area contributed by atoms with Gasteiger partial charge in [0.1, 0.15) is 317 Å². The van der Waals surface area contributed by atoms with Crippen LogP contribution in [0, 0.1) is 0 Å². The van der Waals surface area contributed by atoms with Crippen molar-refractivity contribution in [2.45, 2.75) is 399 Å². The summed E-state index contributed by atoms with van der Waals surface area (Å²) < 4.78 is 141. The molecule has 0 aromatic carbocycles. The Labute approximate surface area is 810 Å². The van der Waals surface area contributed by atoms with Crippen LogP contribution in [0.2, 0.25) is 0 Å². The highest BCUT2D eigenvalue weighted by molar-refractivity contribution is 5.06. The second-order valence-corrected chi connectivity index (χ2v) is 36.4. The second-order valence-electron chi connectivity index (χ2n) is 36.4. The Bertz CT molecular complexity index is 3620. The molecule has 13 heterocycles. The fraction of sp³-hybridized carbons (Fsp3) is 1.00. The predicted molar refractivity (Wildman–Crippen MR) is 428 cm³/mol. The molecule has 0 radical (unpaired) electrons. The van der Waals surface area contributed by atoms with E-state index in [0.29, 0.717) is 0 Å². The first-order valence-electron chi connectivity index (χ1n) is 45.8. The third kappa shape index (κ3) is 24.3. The third-order valence-electron chi connectivity index (χ3n) is 27.2. The van der Waals surface area contributed by atoms with Gasteiger partial charge in [-0.05, 0) is 0 Å². The molecule has 0 aliphatic carbocycles. The monoisotopic (exact) mass is 2120 g/mol. The van der Waals surface area contributed by atoms with Gasteiger partial charge in [-0.3, -0.25) is 0 Å². The number of ether oxygens (including phenoxy) is 25. The molecule has 13 fully saturated rings. The minimum atomic E-state index is -2.38. The molecule has 840 valence electrons. The largest absolute Gasteiger partial charge is 0.394 e. The summed E-state index contributed by atoms with van der Waals surface area (Å²) in [5.41, 5.74) is 0. The molecule has 13 aliphatic heterocycles. The van der Waals surface area contributed by atoms with Crippen LogP contribution in [0.15, 0.2) is 0 Å². The molecule has 0 bridgehead atoms. The Hall–Kier alpha value is -2.64. The lowest BCUT2D eigenvalue weighted by atomic mass is 9.95. The molecule has 13 rings (SSSR count). The molecular weight excluding hydrogens is 1990 g/mol. The number of aliphatic hydroxyl groups is 41. The summed E-state index contributed by atoms with van der Waals surface area (Å²) in [7, 11) is 0. The summed E-state index contributed by atoms with van der Waals surface area (Å²) in [6.07, 6.45) is -135. The Morgan fingerprint density at radius 1 is 0.104 bits per heavy atom. The van der Waals surface area contributed by atoms with Crippen LogP contribution < -0.4 is 0 Å². The lowest BCUT2D eigenvalue weighted by molar-refractivity contribution is -0.402. The van der Waals surface area contributed by atoms with Gasteiger partial charge in [0.05, 0.1) is 85.9 Å². The molecule has 66 nitrogen and oxygen atoms in total. The van der Waals surface area contributed by atoms with Gasteiger partial charge in [0.25, 0.3) is 0 Å². The van der Waals surface area contributed by atoms with Gasteiger partial charge in [-0.25, -0.2) is 0 Å². The van der Waals surface area contributed by atoms with Crippen molar-refractivity contribution in [3.8, 4) is 0 Å². The normalized spacial score (nSPS) is 53.9. The van der Waals surface area contributed by atoms with Crippen LogP contribution >= 0.6 is 0 Å². The van der Waals surface area contributed by atoms with Gasteiger partial charge < -0.3 is 328 Å². The highest BCUT2D eigenvalue weighted by Crippen LogP contribution is 2.44. The molecular formula is C78H132O66. The van der Waals surface area contributed by atoms with E-state index < -0.39 is 485 Å². The summed E-state index contributed by atoms with van der Waals surface area (Å²) in [5.74, 6) is 0. The molecule has 65 atom stereocenters.